The molecule has 2 aromatic carbocycles. The standard InChI is InChI=1S/C23H22N2O6S/c1-14(26)29-12-17-13-32-22-18(24)20(27)25(22)21(17)31-23(28)30-19(15-8-4-2-5-9-15)16-10-6-3-7-11-16/h2-11,18-19,22H,12-13,24H2,1H3/t18?,22-/m0/s1. The minimum absolute atomic E-state index is 0.0200. The average Bonchev–Trinajstić information content (AvgIpc) is 2.82. The summed E-state index contributed by atoms with van der Waals surface area (Å²) in [6.45, 7) is 1.18. The lowest BCUT2D eigenvalue weighted by Crippen LogP contribution is -2.68. The number of rotatable bonds is 6. The maximum atomic E-state index is 12.9. The predicted octanol–water partition coefficient (Wildman–Crippen LogP) is 2.95. The molecule has 32 heavy (non-hydrogen) atoms. The summed E-state index contributed by atoms with van der Waals surface area (Å²) in [5.74, 6) is -0.426. The predicted molar refractivity (Wildman–Crippen MR) is 117 cm³/mol. The third-order valence-electron chi connectivity index (χ3n) is 5.08. The summed E-state index contributed by atoms with van der Waals surface area (Å²) in [4.78, 5) is 37.8. The number of amides is 1. The second-order valence-electron chi connectivity index (χ2n) is 7.30. The number of benzene rings is 2. The Bertz CT molecular complexity index is 1000. The fourth-order valence-corrected chi connectivity index (χ4v) is 4.75. The van der Waals surface area contributed by atoms with Gasteiger partial charge in [0.1, 0.15) is 18.0 Å². The number of esters is 1. The van der Waals surface area contributed by atoms with Crippen LogP contribution in [0.25, 0.3) is 0 Å². The summed E-state index contributed by atoms with van der Waals surface area (Å²) in [6.07, 6.45) is -1.68. The van der Waals surface area contributed by atoms with E-state index in [0.29, 0.717) is 11.3 Å². The zero-order chi connectivity index (χ0) is 22.7. The van der Waals surface area contributed by atoms with Gasteiger partial charge in [-0.2, -0.15) is 0 Å². The van der Waals surface area contributed by atoms with E-state index in [0.717, 1.165) is 11.1 Å². The molecule has 0 aliphatic carbocycles. The minimum atomic E-state index is -0.975. The highest BCUT2D eigenvalue weighted by Crippen LogP contribution is 2.40. The average molecular weight is 455 g/mol. The third kappa shape index (κ3) is 4.49. The maximum Gasteiger partial charge on any atom is 0.516 e. The number of hydrogen-bond donors (Lipinski definition) is 1. The maximum absolute atomic E-state index is 12.9. The highest BCUT2D eigenvalue weighted by atomic mass is 32.2. The number of carbonyl (C=O) groups is 3. The Morgan fingerprint density at radius 3 is 2.25 bits per heavy atom. The van der Waals surface area contributed by atoms with E-state index in [4.69, 9.17) is 19.9 Å². The molecule has 0 aromatic heterocycles. The first-order chi connectivity index (χ1) is 15.5. The van der Waals surface area contributed by atoms with Crippen LogP contribution in [0.2, 0.25) is 0 Å². The van der Waals surface area contributed by atoms with Crippen LogP contribution in [0.15, 0.2) is 72.1 Å². The van der Waals surface area contributed by atoms with E-state index in [9.17, 15) is 14.4 Å². The fraction of sp³-hybridized carbons (Fsp3) is 0.261. The number of ether oxygens (including phenoxy) is 3. The summed E-state index contributed by atoms with van der Waals surface area (Å²) in [7, 11) is 0. The molecule has 1 fully saturated rings. The molecule has 1 unspecified atom stereocenters. The van der Waals surface area contributed by atoms with Crippen LogP contribution < -0.4 is 5.73 Å². The van der Waals surface area contributed by atoms with Crippen LogP contribution in [0.5, 0.6) is 0 Å². The Kier molecular flexibility index (Phi) is 6.48. The molecule has 0 saturated carbocycles. The topological polar surface area (TPSA) is 108 Å². The van der Waals surface area contributed by atoms with Gasteiger partial charge >= 0.3 is 12.1 Å². The Morgan fingerprint density at radius 1 is 1.09 bits per heavy atom. The number of carbonyl (C=O) groups excluding carboxylic acids is 3. The van der Waals surface area contributed by atoms with Crippen molar-refractivity contribution in [3.8, 4) is 0 Å². The van der Waals surface area contributed by atoms with E-state index < -0.39 is 24.3 Å². The van der Waals surface area contributed by atoms with Crippen molar-refractivity contribution in [2.45, 2.75) is 24.4 Å². The highest BCUT2D eigenvalue weighted by Gasteiger charge is 2.51. The molecule has 2 aliphatic heterocycles. The van der Waals surface area contributed by atoms with Gasteiger partial charge < -0.3 is 19.9 Å². The number of thioether (sulfide) groups is 1. The summed E-state index contributed by atoms with van der Waals surface area (Å²) in [5.41, 5.74) is 7.91. The van der Waals surface area contributed by atoms with E-state index in [1.54, 1.807) is 0 Å². The van der Waals surface area contributed by atoms with Crippen molar-refractivity contribution in [2.24, 2.45) is 5.73 Å². The minimum Gasteiger partial charge on any atom is -0.461 e. The van der Waals surface area contributed by atoms with Crippen LogP contribution in [0.1, 0.15) is 24.2 Å². The molecule has 2 N–H and O–H groups in total. The van der Waals surface area contributed by atoms with Crippen molar-refractivity contribution < 1.29 is 28.6 Å². The SMILES string of the molecule is CC(=O)OCC1=C(OC(=O)OC(c2ccccc2)c2ccccc2)N2C(=O)C(N)[C@@H]2SC1. The van der Waals surface area contributed by atoms with Gasteiger partial charge in [-0.3, -0.25) is 14.5 Å². The van der Waals surface area contributed by atoms with E-state index in [-0.39, 0.29) is 23.8 Å². The monoisotopic (exact) mass is 454 g/mol. The first-order valence-corrected chi connectivity index (χ1v) is 11.0. The van der Waals surface area contributed by atoms with Crippen LogP contribution in [-0.2, 0) is 23.8 Å². The van der Waals surface area contributed by atoms with Crippen LogP contribution in [-0.4, -0.2) is 46.7 Å². The van der Waals surface area contributed by atoms with Gasteiger partial charge in [0.25, 0.3) is 0 Å². The molecule has 9 heteroatoms. The van der Waals surface area contributed by atoms with Crippen molar-refractivity contribution in [2.75, 3.05) is 12.4 Å². The van der Waals surface area contributed by atoms with Crippen molar-refractivity contribution in [3.63, 3.8) is 0 Å². The molecule has 2 aromatic rings. The highest BCUT2D eigenvalue weighted by molar-refractivity contribution is 8.00. The second kappa shape index (κ2) is 9.46. The number of nitrogens with zero attached hydrogens (tertiary/aromatic N) is 1. The Hall–Kier alpha value is -3.30. The molecule has 0 bridgehead atoms. The van der Waals surface area contributed by atoms with E-state index >= 15 is 0 Å². The van der Waals surface area contributed by atoms with Crippen molar-refractivity contribution in [3.05, 3.63) is 83.2 Å². The van der Waals surface area contributed by atoms with Crippen LogP contribution in [0.3, 0.4) is 0 Å². The molecular formula is C23H22N2O6S. The Balaban J connectivity index is 1.58. The molecule has 1 saturated heterocycles. The fourth-order valence-electron chi connectivity index (χ4n) is 3.50. The van der Waals surface area contributed by atoms with Crippen LogP contribution >= 0.6 is 11.8 Å². The van der Waals surface area contributed by atoms with Gasteiger partial charge in [-0.25, -0.2) is 4.79 Å². The van der Waals surface area contributed by atoms with Gasteiger partial charge in [0.05, 0.1) is 0 Å². The third-order valence-corrected chi connectivity index (χ3v) is 6.44. The first-order valence-electron chi connectivity index (χ1n) is 9.99. The van der Waals surface area contributed by atoms with Gasteiger partial charge in [-0.05, 0) is 11.1 Å². The largest absolute Gasteiger partial charge is 0.516 e. The van der Waals surface area contributed by atoms with Crippen molar-refractivity contribution in [1.29, 1.82) is 0 Å². The number of nitrogens with two attached hydrogens (primary N) is 1. The zero-order valence-electron chi connectivity index (χ0n) is 17.3. The van der Waals surface area contributed by atoms with Gasteiger partial charge in [0, 0.05) is 18.2 Å². The summed E-state index contributed by atoms with van der Waals surface area (Å²) in [5, 5.41) is -0.342. The van der Waals surface area contributed by atoms with E-state index in [2.05, 4.69) is 0 Å². The first kappa shape index (κ1) is 21.9. The van der Waals surface area contributed by atoms with Gasteiger partial charge in [0.15, 0.2) is 6.10 Å². The molecule has 0 spiro atoms. The smallest absolute Gasteiger partial charge is 0.461 e. The lowest BCUT2D eigenvalue weighted by molar-refractivity contribution is -0.145. The zero-order valence-corrected chi connectivity index (χ0v) is 18.1. The van der Waals surface area contributed by atoms with Crippen LogP contribution in [0, 0.1) is 0 Å². The normalized spacial score (nSPS) is 19.8. The molecule has 2 heterocycles. The number of hydrogen-bond acceptors (Lipinski definition) is 8. The Labute approximate surface area is 189 Å². The van der Waals surface area contributed by atoms with Crippen molar-refractivity contribution in [1.82, 2.24) is 4.90 Å². The number of β-lactam (4-membered cyclic amide) rings is 1. The van der Waals surface area contributed by atoms with Gasteiger partial charge in [0.2, 0.25) is 11.8 Å². The lowest BCUT2D eigenvalue weighted by atomic mass is 10.0. The van der Waals surface area contributed by atoms with Gasteiger partial charge in [-0.1, -0.05) is 60.7 Å². The second-order valence-corrected chi connectivity index (χ2v) is 8.40. The summed E-state index contributed by atoms with van der Waals surface area (Å²) >= 11 is 1.42. The quantitative estimate of drug-likeness (QED) is 0.524. The molecule has 1 amide bonds. The van der Waals surface area contributed by atoms with E-state index in [1.165, 1.54) is 23.6 Å². The molecule has 8 nitrogen and oxygen atoms in total. The summed E-state index contributed by atoms with van der Waals surface area (Å²) < 4.78 is 16.3. The Morgan fingerprint density at radius 2 is 1.69 bits per heavy atom. The van der Waals surface area contributed by atoms with Crippen molar-refractivity contribution >= 4 is 29.8 Å². The molecule has 4 rings (SSSR count). The lowest BCUT2D eigenvalue weighted by Gasteiger charge is -2.47. The van der Waals surface area contributed by atoms with E-state index in [1.807, 2.05) is 60.7 Å². The van der Waals surface area contributed by atoms with Crippen LogP contribution in [0.4, 0.5) is 4.79 Å². The molecule has 166 valence electrons. The van der Waals surface area contributed by atoms with Gasteiger partial charge in [-0.15, -0.1) is 11.8 Å². The molecule has 0 radical (unpaired) electrons. The summed E-state index contributed by atoms with van der Waals surface area (Å²) in [6, 6.07) is 17.9. The molecular weight excluding hydrogens is 432 g/mol. The number of fused-ring (bicyclic) bond motifs is 1. The molecule has 2 atom stereocenters. The molecule has 2 aliphatic rings.